The van der Waals surface area contributed by atoms with Crippen LogP contribution in [0.1, 0.15) is 58.3 Å². The van der Waals surface area contributed by atoms with E-state index >= 15 is 0 Å². The fourth-order valence-electron chi connectivity index (χ4n) is 3.13. The third-order valence-corrected chi connectivity index (χ3v) is 5.21. The molecule has 14 heteroatoms. The zero-order valence-electron chi connectivity index (χ0n) is 20.1. The van der Waals surface area contributed by atoms with E-state index in [0.717, 1.165) is 0 Å². The first-order valence-corrected chi connectivity index (χ1v) is 11.6. The van der Waals surface area contributed by atoms with E-state index in [1.807, 2.05) is 0 Å². The van der Waals surface area contributed by atoms with Crippen LogP contribution in [0.5, 0.6) is 0 Å². The molecule has 0 aromatic heterocycles. The second kappa shape index (κ2) is 17.6. The standard InChI is InChI=1S/C21H40N6O8/c1-12(28)17(27-18(31)13(24)6-2-4-10-22)20(33)25-14(8-9-16(29)30)19(32)26-15(21(34)35)7-3-5-11-23/h12-15,17,28H,2-11,22-24H2,1H3,(H,25,33)(H,26,32)(H,27,31)(H,29,30)(H,34,35). The molecule has 0 bridgehead atoms. The molecule has 0 aliphatic heterocycles. The van der Waals surface area contributed by atoms with Gasteiger partial charge in [-0.1, -0.05) is 6.42 Å². The molecule has 0 aliphatic carbocycles. The summed E-state index contributed by atoms with van der Waals surface area (Å²) in [5, 5.41) is 35.3. The first-order chi connectivity index (χ1) is 16.4. The lowest BCUT2D eigenvalue weighted by Gasteiger charge is -2.26. The molecule has 0 rings (SSSR count). The molecule has 5 atom stereocenters. The molecule has 0 aromatic rings. The van der Waals surface area contributed by atoms with Gasteiger partial charge in [0.25, 0.3) is 0 Å². The molecule has 0 spiro atoms. The molecule has 35 heavy (non-hydrogen) atoms. The van der Waals surface area contributed by atoms with Crippen molar-refractivity contribution < 1.29 is 39.3 Å². The van der Waals surface area contributed by atoms with Crippen molar-refractivity contribution in [2.45, 2.75) is 88.6 Å². The highest BCUT2D eigenvalue weighted by molar-refractivity contribution is 5.94. The quantitative estimate of drug-likeness (QED) is 0.0820. The summed E-state index contributed by atoms with van der Waals surface area (Å²) in [5.41, 5.74) is 16.6. The maximum absolute atomic E-state index is 12.8. The van der Waals surface area contributed by atoms with Gasteiger partial charge in [-0.15, -0.1) is 0 Å². The molecule has 14 nitrogen and oxygen atoms in total. The van der Waals surface area contributed by atoms with Crippen LogP contribution >= 0.6 is 0 Å². The number of carboxylic acids is 2. The van der Waals surface area contributed by atoms with Gasteiger partial charge < -0.3 is 48.5 Å². The van der Waals surface area contributed by atoms with Crippen LogP contribution in [0.4, 0.5) is 0 Å². The molecule has 3 amide bonds. The van der Waals surface area contributed by atoms with Crippen LogP contribution in [0.3, 0.4) is 0 Å². The zero-order chi connectivity index (χ0) is 27.0. The van der Waals surface area contributed by atoms with Crippen LogP contribution in [0, 0.1) is 0 Å². The van der Waals surface area contributed by atoms with Crippen LogP contribution in [0.15, 0.2) is 0 Å². The molecule has 0 heterocycles. The average Bonchev–Trinajstić information content (AvgIpc) is 2.78. The summed E-state index contributed by atoms with van der Waals surface area (Å²) in [6.45, 7) is 2.03. The van der Waals surface area contributed by atoms with Gasteiger partial charge in [-0.25, -0.2) is 4.79 Å². The molecule has 0 saturated carbocycles. The van der Waals surface area contributed by atoms with Crippen molar-refractivity contribution >= 4 is 29.7 Å². The minimum atomic E-state index is -1.48. The maximum atomic E-state index is 12.8. The first-order valence-electron chi connectivity index (χ1n) is 11.6. The molecule has 0 radical (unpaired) electrons. The number of nitrogens with one attached hydrogen (secondary N) is 3. The van der Waals surface area contributed by atoms with Crippen molar-refractivity contribution in [2.24, 2.45) is 17.2 Å². The van der Waals surface area contributed by atoms with Crippen molar-refractivity contribution in [3.8, 4) is 0 Å². The fourth-order valence-corrected chi connectivity index (χ4v) is 3.13. The summed E-state index contributed by atoms with van der Waals surface area (Å²) in [7, 11) is 0. The number of carbonyl (C=O) groups is 5. The van der Waals surface area contributed by atoms with Crippen molar-refractivity contribution in [1.82, 2.24) is 16.0 Å². The van der Waals surface area contributed by atoms with Crippen LogP contribution < -0.4 is 33.2 Å². The first kappa shape index (κ1) is 32.2. The highest BCUT2D eigenvalue weighted by atomic mass is 16.4. The molecule has 202 valence electrons. The third kappa shape index (κ3) is 13.6. The van der Waals surface area contributed by atoms with E-state index < -0.39 is 66.4 Å². The predicted octanol–water partition coefficient (Wildman–Crippen LogP) is -2.64. The van der Waals surface area contributed by atoms with E-state index in [0.29, 0.717) is 45.2 Å². The second-order valence-corrected chi connectivity index (χ2v) is 8.30. The van der Waals surface area contributed by atoms with E-state index in [4.69, 9.17) is 22.3 Å². The number of aliphatic hydroxyl groups excluding tert-OH is 1. The molecular formula is C21H40N6O8. The highest BCUT2D eigenvalue weighted by Crippen LogP contribution is 2.06. The number of hydrogen-bond donors (Lipinski definition) is 9. The van der Waals surface area contributed by atoms with Crippen LogP contribution in [-0.4, -0.2) is 88.3 Å². The average molecular weight is 505 g/mol. The summed E-state index contributed by atoms with van der Waals surface area (Å²) in [6, 6.07) is -5.13. The van der Waals surface area contributed by atoms with Crippen LogP contribution in [0.2, 0.25) is 0 Å². The minimum Gasteiger partial charge on any atom is -0.481 e. The molecule has 0 fully saturated rings. The summed E-state index contributed by atoms with van der Waals surface area (Å²) in [6.07, 6.45) is 0.400. The number of carbonyl (C=O) groups excluding carboxylic acids is 3. The van der Waals surface area contributed by atoms with E-state index in [1.165, 1.54) is 6.92 Å². The van der Waals surface area contributed by atoms with Gasteiger partial charge in [-0.2, -0.15) is 0 Å². The Balaban J connectivity index is 5.38. The van der Waals surface area contributed by atoms with Crippen molar-refractivity contribution in [2.75, 3.05) is 13.1 Å². The Morgan fingerprint density at radius 3 is 1.77 bits per heavy atom. The Labute approximate surface area is 204 Å². The van der Waals surface area contributed by atoms with Gasteiger partial charge >= 0.3 is 11.9 Å². The van der Waals surface area contributed by atoms with Gasteiger partial charge in [0.1, 0.15) is 18.1 Å². The molecule has 0 aliphatic rings. The van der Waals surface area contributed by atoms with E-state index in [9.17, 15) is 34.2 Å². The Morgan fingerprint density at radius 2 is 1.29 bits per heavy atom. The Hall–Kier alpha value is -2.81. The SMILES string of the molecule is CC(O)C(NC(=O)C(N)CCCCN)C(=O)NC(CCC(=O)O)C(=O)NC(CCCCN)C(=O)O. The lowest BCUT2D eigenvalue weighted by Crippen LogP contribution is -2.59. The molecule has 0 saturated heterocycles. The van der Waals surface area contributed by atoms with Gasteiger partial charge in [-0.05, 0) is 58.5 Å². The number of hydrogen-bond acceptors (Lipinski definition) is 9. The van der Waals surface area contributed by atoms with Gasteiger partial charge in [0, 0.05) is 6.42 Å². The normalized spacial score (nSPS) is 15.2. The number of rotatable bonds is 19. The maximum Gasteiger partial charge on any atom is 0.326 e. The summed E-state index contributed by atoms with van der Waals surface area (Å²) in [4.78, 5) is 60.4. The second-order valence-electron chi connectivity index (χ2n) is 8.30. The van der Waals surface area contributed by atoms with Crippen LogP contribution in [0.25, 0.3) is 0 Å². The van der Waals surface area contributed by atoms with Gasteiger partial charge in [0.15, 0.2) is 0 Å². The third-order valence-electron chi connectivity index (χ3n) is 5.21. The number of nitrogens with two attached hydrogens (primary N) is 3. The smallest absolute Gasteiger partial charge is 0.326 e. The Morgan fingerprint density at radius 1 is 0.743 bits per heavy atom. The van der Waals surface area contributed by atoms with Gasteiger partial charge in [-0.3, -0.25) is 19.2 Å². The fraction of sp³-hybridized carbons (Fsp3) is 0.762. The number of aliphatic carboxylic acids is 2. The van der Waals surface area contributed by atoms with Gasteiger partial charge in [0.2, 0.25) is 17.7 Å². The number of carboxylic acid groups (broad SMARTS) is 2. The van der Waals surface area contributed by atoms with Gasteiger partial charge in [0.05, 0.1) is 12.1 Å². The number of amides is 3. The predicted molar refractivity (Wildman–Crippen MR) is 126 cm³/mol. The zero-order valence-corrected chi connectivity index (χ0v) is 20.1. The molecule has 0 aromatic carbocycles. The summed E-state index contributed by atoms with van der Waals surface area (Å²) >= 11 is 0. The van der Waals surface area contributed by atoms with E-state index in [2.05, 4.69) is 16.0 Å². The van der Waals surface area contributed by atoms with Crippen LogP contribution in [-0.2, 0) is 24.0 Å². The molecule has 12 N–H and O–H groups in total. The lowest BCUT2D eigenvalue weighted by molar-refractivity contribution is -0.143. The van der Waals surface area contributed by atoms with Crippen molar-refractivity contribution in [3.63, 3.8) is 0 Å². The van der Waals surface area contributed by atoms with Crippen molar-refractivity contribution in [1.29, 1.82) is 0 Å². The highest BCUT2D eigenvalue weighted by Gasteiger charge is 2.32. The molecule has 5 unspecified atom stereocenters. The largest absolute Gasteiger partial charge is 0.481 e. The monoisotopic (exact) mass is 504 g/mol. The Bertz CT molecular complexity index is 705. The molecular weight excluding hydrogens is 464 g/mol. The topological polar surface area (TPSA) is 260 Å². The minimum absolute atomic E-state index is 0.0896. The number of unbranched alkanes of at least 4 members (excludes halogenated alkanes) is 2. The Kier molecular flexibility index (Phi) is 16.2. The number of aliphatic hydroxyl groups is 1. The summed E-state index contributed by atoms with van der Waals surface area (Å²) in [5.74, 6) is -5.09. The van der Waals surface area contributed by atoms with Crippen molar-refractivity contribution in [3.05, 3.63) is 0 Å². The summed E-state index contributed by atoms with van der Waals surface area (Å²) < 4.78 is 0. The van der Waals surface area contributed by atoms with E-state index in [-0.39, 0.29) is 12.8 Å². The lowest BCUT2D eigenvalue weighted by atomic mass is 10.0. The van der Waals surface area contributed by atoms with E-state index in [1.54, 1.807) is 0 Å².